The zero-order valence-corrected chi connectivity index (χ0v) is 17.4. The van der Waals surface area contributed by atoms with Crippen molar-refractivity contribution < 1.29 is 24.2 Å². The number of rotatable bonds is 6. The standard InChI is InChI=1S/C23H21NO5S/c1-3-29-17-11-14(9-10-16(17)28-2)15-12-18(25)24-20-19(13-7-5-4-6-8-13)22(23(26)27)30-21(15)20/h4-11,15H,3,12H2,1-2H3,(H,24,25)(H,26,27)/t15-/m1/s1. The summed E-state index contributed by atoms with van der Waals surface area (Å²) < 4.78 is 11.1. The predicted octanol–water partition coefficient (Wildman–Crippen LogP) is 4.99. The van der Waals surface area contributed by atoms with Crippen molar-refractivity contribution in [3.63, 3.8) is 0 Å². The summed E-state index contributed by atoms with van der Waals surface area (Å²) in [6, 6.07) is 14.9. The second-order valence-corrected chi connectivity index (χ2v) is 7.92. The third kappa shape index (κ3) is 3.52. The van der Waals surface area contributed by atoms with Gasteiger partial charge in [-0.05, 0) is 30.2 Å². The van der Waals surface area contributed by atoms with E-state index in [4.69, 9.17) is 9.47 Å². The highest BCUT2D eigenvalue weighted by atomic mass is 32.1. The van der Waals surface area contributed by atoms with E-state index in [9.17, 15) is 14.7 Å². The molecule has 1 amide bonds. The normalized spacial score (nSPS) is 15.3. The number of thiophene rings is 1. The predicted molar refractivity (Wildman–Crippen MR) is 116 cm³/mol. The van der Waals surface area contributed by atoms with E-state index in [1.54, 1.807) is 7.11 Å². The summed E-state index contributed by atoms with van der Waals surface area (Å²) in [5.41, 5.74) is 2.78. The first kappa shape index (κ1) is 20.0. The van der Waals surface area contributed by atoms with E-state index in [-0.39, 0.29) is 23.1 Å². The fourth-order valence-electron chi connectivity index (χ4n) is 3.77. The molecule has 0 radical (unpaired) electrons. The quantitative estimate of drug-likeness (QED) is 0.583. The Morgan fingerprint density at radius 1 is 1.20 bits per heavy atom. The number of fused-ring (bicyclic) bond motifs is 1. The van der Waals surface area contributed by atoms with Crippen LogP contribution in [0.1, 0.15) is 39.4 Å². The zero-order chi connectivity index (χ0) is 21.3. The van der Waals surface area contributed by atoms with Crippen LogP contribution in [0.3, 0.4) is 0 Å². The summed E-state index contributed by atoms with van der Waals surface area (Å²) in [6.45, 7) is 2.37. The van der Waals surface area contributed by atoms with Gasteiger partial charge in [0.1, 0.15) is 4.88 Å². The minimum atomic E-state index is -1.01. The van der Waals surface area contributed by atoms with E-state index in [0.717, 1.165) is 16.0 Å². The third-order valence-corrected chi connectivity index (χ3v) is 6.34. The van der Waals surface area contributed by atoms with Gasteiger partial charge < -0.3 is 19.9 Å². The largest absolute Gasteiger partial charge is 0.493 e. The van der Waals surface area contributed by atoms with Crippen molar-refractivity contribution in [2.75, 3.05) is 19.0 Å². The first-order valence-electron chi connectivity index (χ1n) is 9.59. The lowest BCUT2D eigenvalue weighted by atomic mass is 9.88. The highest BCUT2D eigenvalue weighted by Gasteiger charge is 2.34. The van der Waals surface area contributed by atoms with E-state index in [2.05, 4.69) is 5.32 Å². The van der Waals surface area contributed by atoms with Crippen molar-refractivity contribution in [2.45, 2.75) is 19.3 Å². The maximum absolute atomic E-state index is 12.6. The van der Waals surface area contributed by atoms with Crippen LogP contribution in [0.15, 0.2) is 48.5 Å². The first-order valence-corrected chi connectivity index (χ1v) is 10.4. The molecule has 6 nitrogen and oxygen atoms in total. The number of benzene rings is 2. The highest BCUT2D eigenvalue weighted by molar-refractivity contribution is 7.15. The molecule has 4 rings (SSSR count). The highest BCUT2D eigenvalue weighted by Crippen LogP contribution is 2.50. The number of hydrogen-bond acceptors (Lipinski definition) is 5. The van der Waals surface area contributed by atoms with E-state index in [1.807, 2.05) is 55.5 Å². The summed E-state index contributed by atoms with van der Waals surface area (Å²) in [7, 11) is 1.58. The Morgan fingerprint density at radius 3 is 2.63 bits per heavy atom. The van der Waals surface area contributed by atoms with Crippen LogP contribution >= 0.6 is 11.3 Å². The number of ether oxygens (including phenoxy) is 2. The van der Waals surface area contributed by atoms with Gasteiger partial charge in [-0.25, -0.2) is 4.79 Å². The molecule has 0 saturated carbocycles. The van der Waals surface area contributed by atoms with Gasteiger partial charge >= 0.3 is 5.97 Å². The van der Waals surface area contributed by atoms with Crippen molar-refractivity contribution in [1.29, 1.82) is 0 Å². The molecule has 2 heterocycles. The van der Waals surface area contributed by atoms with Gasteiger partial charge in [-0.2, -0.15) is 0 Å². The van der Waals surface area contributed by atoms with Crippen molar-refractivity contribution in [1.82, 2.24) is 0 Å². The molecule has 2 aromatic carbocycles. The molecule has 154 valence electrons. The number of carboxylic acids is 1. The van der Waals surface area contributed by atoms with E-state index in [1.165, 1.54) is 11.3 Å². The Labute approximate surface area is 178 Å². The molecule has 7 heteroatoms. The monoisotopic (exact) mass is 423 g/mol. The molecular formula is C23H21NO5S. The summed E-state index contributed by atoms with van der Waals surface area (Å²) >= 11 is 1.21. The molecular weight excluding hydrogens is 402 g/mol. The maximum Gasteiger partial charge on any atom is 0.346 e. The van der Waals surface area contributed by atoms with Crippen molar-refractivity contribution in [3.8, 4) is 22.6 Å². The van der Waals surface area contributed by atoms with Crippen LogP contribution in [0, 0.1) is 0 Å². The van der Waals surface area contributed by atoms with E-state index in [0.29, 0.717) is 29.4 Å². The molecule has 0 spiro atoms. The molecule has 0 fully saturated rings. The maximum atomic E-state index is 12.6. The molecule has 0 unspecified atom stereocenters. The van der Waals surface area contributed by atoms with Crippen LogP contribution in [0.2, 0.25) is 0 Å². The number of aromatic carboxylic acids is 1. The van der Waals surface area contributed by atoms with Crippen LogP contribution in [-0.2, 0) is 4.79 Å². The van der Waals surface area contributed by atoms with Gasteiger partial charge in [0.25, 0.3) is 0 Å². The Bertz CT molecular complexity index is 1110. The number of carbonyl (C=O) groups excluding carboxylic acids is 1. The van der Waals surface area contributed by atoms with E-state index < -0.39 is 5.97 Å². The number of hydrogen-bond donors (Lipinski definition) is 2. The van der Waals surface area contributed by atoms with Crippen LogP contribution in [0.25, 0.3) is 11.1 Å². The zero-order valence-electron chi connectivity index (χ0n) is 16.6. The Hall–Kier alpha value is -3.32. The molecule has 1 aromatic heterocycles. The van der Waals surface area contributed by atoms with Crippen molar-refractivity contribution >= 4 is 28.9 Å². The minimum Gasteiger partial charge on any atom is -0.493 e. The van der Waals surface area contributed by atoms with Gasteiger partial charge in [0.05, 0.1) is 19.4 Å². The summed E-state index contributed by atoms with van der Waals surface area (Å²) in [6.07, 6.45) is 0.235. The van der Waals surface area contributed by atoms with E-state index >= 15 is 0 Å². The lowest BCUT2D eigenvalue weighted by Crippen LogP contribution is -2.22. The molecule has 0 bridgehead atoms. The van der Waals surface area contributed by atoms with Crippen LogP contribution in [0.5, 0.6) is 11.5 Å². The second kappa shape index (κ2) is 8.20. The van der Waals surface area contributed by atoms with Gasteiger partial charge in [-0.15, -0.1) is 11.3 Å². The van der Waals surface area contributed by atoms with Crippen LogP contribution in [-0.4, -0.2) is 30.7 Å². The number of amides is 1. The fraction of sp³-hybridized carbons (Fsp3) is 0.217. The van der Waals surface area contributed by atoms with Crippen molar-refractivity contribution in [2.24, 2.45) is 0 Å². The first-order chi connectivity index (χ1) is 14.5. The van der Waals surface area contributed by atoms with Crippen molar-refractivity contribution in [3.05, 3.63) is 63.8 Å². The molecule has 2 N–H and O–H groups in total. The third-order valence-electron chi connectivity index (χ3n) is 5.05. The SMILES string of the molecule is CCOc1cc([C@H]2CC(=O)Nc3c2sc(C(=O)O)c3-c2ccccc2)ccc1OC. The molecule has 1 aliphatic rings. The van der Waals surface area contributed by atoms with Gasteiger partial charge in [-0.3, -0.25) is 4.79 Å². The smallest absolute Gasteiger partial charge is 0.346 e. The molecule has 3 aromatic rings. The average Bonchev–Trinajstić information content (AvgIpc) is 3.13. The molecule has 0 aliphatic carbocycles. The summed E-state index contributed by atoms with van der Waals surface area (Å²) in [5.74, 6) is -0.203. The summed E-state index contributed by atoms with van der Waals surface area (Å²) in [4.78, 5) is 25.7. The lowest BCUT2D eigenvalue weighted by Gasteiger charge is -2.24. The van der Waals surface area contributed by atoms with Gasteiger partial charge in [0.2, 0.25) is 5.91 Å². The Kier molecular flexibility index (Phi) is 5.46. The number of methoxy groups -OCH3 is 1. The van der Waals surface area contributed by atoms with Crippen LogP contribution < -0.4 is 14.8 Å². The number of carbonyl (C=O) groups is 2. The lowest BCUT2D eigenvalue weighted by molar-refractivity contribution is -0.116. The average molecular weight is 423 g/mol. The van der Waals surface area contributed by atoms with Crippen LogP contribution in [0.4, 0.5) is 5.69 Å². The second-order valence-electron chi connectivity index (χ2n) is 6.86. The summed E-state index contributed by atoms with van der Waals surface area (Å²) in [5, 5.41) is 12.8. The number of carboxylic acid groups (broad SMARTS) is 1. The van der Waals surface area contributed by atoms with Gasteiger partial charge in [0, 0.05) is 22.8 Å². The molecule has 30 heavy (non-hydrogen) atoms. The number of anilines is 1. The molecule has 1 atom stereocenters. The number of nitrogens with one attached hydrogen (secondary N) is 1. The topological polar surface area (TPSA) is 84.9 Å². The minimum absolute atomic E-state index is 0.145. The fourth-order valence-corrected chi connectivity index (χ4v) is 5.01. The van der Waals surface area contributed by atoms with Gasteiger partial charge in [-0.1, -0.05) is 36.4 Å². The molecule has 1 aliphatic heterocycles. The van der Waals surface area contributed by atoms with Gasteiger partial charge in [0.15, 0.2) is 11.5 Å². The molecule has 0 saturated heterocycles. The Balaban J connectivity index is 1.88. The Morgan fingerprint density at radius 2 is 1.97 bits per heavy atom.